The molecule has 2 aliphatic rings. The quantitative estimate of drug-likeness (QED) is 0.401. The standard InChI is InChI=1S/C25H32BrNO8/c1-16(2)19-15-34-24(31)27(19)23(30)18(13-17-7-4-3-5-8-17)22-20(29)14-21(26)25(32,35-22)9-6-11-33-12-10-28/h3-5,7-8,14,16,18-19,22,28,32H,6,9-13,15H2,1-2H3/t18-,19-,22+,25-/m1/s1. The number of imide groups is 1. The summed E-state index contributed by atoms with van der Waals surface area (Å²) in [5.74, 6) is -4.02. The topological polar surface area (TPSA) is 123 Å². The lowest BCUT2D eigenvalue weighted by Crippen LogP contribution is -2.54. The molecule has 1 saturated heterocycles. The van der Waals surface area contributed by atoms with Gasteiger partial charge in [-0.2, -0.15) is 0 Å². The van der Waals surface area contributed by atoms with E-state index >= 15 is 0 Å². The maximum absolute atomic E-state index is 13.8. The number of hydrogen-bond donors (Lipinski definition) is 2. The predicted octanol–water partition coefficient (Wildman–Crippen LogP) is 2.57. The van der Waals surface area contributed by atoms with Crippen LogP contribution < -0.4 is 0 Å². The van der Waals surface area contributed by atoms with Crippen molar-refractivity contribution in [2.45, 2.75) is 51.0 Å². The van der Waals surface area contributed by atoms with Crippen molar-refractivity contribution in [2.75, 3.05) is 26.4 Å². The lowest BCUT2D eigenvalue weighted by molar-refractivity contribution is -0.218. The molecule has 9 nitrogen and oxygen atoms in total. The Morgan fingerprint density at radius 1 is 1.26 bits per heavy atom. The number of aliphatic hydroxyl groups excluding tert-OH is 1. The number of benzene rings is 1. The molecule has 0 aliphatic carbocycles. The van der Waals surface area contributed by atoms with Gasteiger partial charge in [0.1, 0.15) is 12.7 Å². The Labute approximate surface area is 213 Å². The van der Waals surface area contributed by atoms with Gasteiger partial charge in [0.2, 0.25) is 5.91 Å². The fourth-order valence-corrected chi connectivity index (χ4v) is 4.75. The molecule has 35 heavy (non-hydrogen) atoms. The Morgan fingerprint density at radius 3 is 2.63 bits per heavy atom. The average Bonchev–Trinajstić information content (AvgIpc) is 3.22. The van der Waals surface area contributed by atoms with E-state index in [1.165, 1.54) is 6.08 Å². The Morgan fingerprint density at radius 2 is 1.97 bits per heavy atom. The summed E-state index contributed by atoms with van der Waals surface area (Å²) in [5.41, 5.74) is 0.783. The summed E-state index contributed by atoms with van der Waals surface area (Å²) in [6.07, 6.45) is -0.226. The van der Waals surface area contributed by atoms with Gasteiger partial charge in [-0.15, -0.1) is 0 Å². The Bertz CT molecular complexity index is 937. The maximum atomic E-state index is 13.8. The number of carbonyl (C=O) groups is 3. The van der Waals surface area contributed by atoms with Gasteiger partial charge in [0.05, 0.1) is 29.7 Å². The summed E-state index contributed by atoms with van der Waals surface area (Å²) in [4.78, 5) is 40.5. The molecule has 2 amide bonds. The van der Waals surface area contributed by atoms with E-state index < -0.39 is 41.6 Å². The fourth-order valence-electron chi connectivity index (χ4n) is 4.23. The smallest absolute Gasteiger partial charge is 0.416 e. The number of ketones is 1. The molecule has 0 bridgehead atoms. The van der Waals surface area contributed by atoms with Crippen molar-refractivity contribution >= 4 is 33.7 Å². The molecule has 1 aromatic rings. The van der Waals surface area contributed by atoms with Crippen LogP contribution >= 0.6 is 15.9 Å². The minimum atomic E-state index is -1.85. The summed E-state index contributed by atoms with van der Waals surface area (Å²) >= 11 is 3.23. The van der Waals surface area contributed by atoms with Gasteiger partial charge in [-0.1, -0.05) is 44.2 Å². The van der Waals surface area contributed by atoms with E-state index in [0.29, 0.717) is 6.42 Å². The number of amides is 2. The second-order valence-corrected chi connectivity index (χ2v) is 9.90. The van der Waals surface area contributed by atoms with E-state index in [4.69, 9.17) is 19.3 Å². The first-order valence-electron chi connectivity index (χ1n) is 11.7. The second kappa shape index (κ2) is 12.2. The van der Waals surface area contributed by atoms with Crippen LogP contribution in [-0.4, -0.2) is 77.3 Å². The van der Waals surface area contributed by atoms with Crippen molar-refractivity contribution in [3.05, 3.63) is 46.5 Å². The maximum Gasteiger partial charge on any atom is 0.416 e. The molecule has 192 valence electrons. The van der Waals surface area contributed by atoms with E-state index in [1.54, 1.807) is 0 Å². The number of nitrogens with zero attached hydrogens (tertiary/aromatic N) is 1. The number of carbonyl (C=O) groups excluding carboxylic acids is 3. The Kier molecular flexibility index (Phi) is 9.60. The highest BCUT2D eigenvalue weighted by Crippen LogP contribution is 2.38. The van der Waals surface area contributed by atoms with Crippen LogP contribution in [0.3, 0.4) is 0 Å². The molecule has 2 N–H and O–H groups in total. The minimum Gasteiger partial charge on any atom is -0.447 e. The third kappa shape index (κ3) is 6.56. The van der Waals surface area contributed by atoms with Crippen molar-refractivity contribution in [3.63, 3.8) is 0 Å². The molecule has 10 heteroatoms. The largest absolute Gasteiger partial charge is 0.447 e. The second-order valence-electron chi connectivity index (χ2n) is 9.05. The van der Waals surface area contributed by atoms with Gasteiger partial charge in [0.25, 0.3) is 0 Å². The average molecular weight is 554 g/mol. The van der Waals surface area contributed by atoms with E-state index in [2.05, 4.69) is 15.9 Å². The molecule has 4 atom stereocenters. The summed E-state index contributed by atoms with van der Waals surface area (Å²) in [5, 5.41) is 20.1. The molecule has 1 fully saturated rings. The number of cyclic esters (lactones) is 1. The molecule has 0 radical (unpaired) electrons. The minimum absolute atomic E-state index is 0.0457. The fraction of sp³-hybridized carbons (Fsp3) is 0.560. The normalized spacial score (nSPS) is 25.5. The molecule has 3 rings (SSSR count). The monoisotopic (exact) mass is 553 g/mol. The number of halogens is 1. The van der Waals surface area contributed by atoms with Crippen LogP contribution in [0.5, 0.6) is 0 Å². The lowest BCUT2D eigenvalue weighted by atomic mass is 9.87. The molecule has 2 aliphatic heterocycles. The number of rotatable bonds is 11. The SMILES string of the molecule is CC(C)[C@H]1COC(=O)N1C(=O)[C@H](Cc1ccccc1)[C@@H]1O[C@](O)(CCCOCCO)C(Br)=CC1=O. The van der Waals surface area contributed by atoms with Gasteiger partial charge in [-0.05, 0) is 46.3 Å². The van der Waals surface area contributed by atoms with Crippen LogP contribution in [-0.2, 0) is 30.2 Å². The van der Waals surface area contributed by atoms with E-state index in [-0.39, 0.29) is 49.7 Å². The molecule has 2 heterocycles. The lowest BCUT2D eigenvalue weighted by Gasteiger charge is -2.39. The first kappa shape index (κ1) is 27.5. The number of hydrogen-bond acceptors (Lipinski definition) is 8. The van der Waals surface area contributed by atoms with Crippen LogP contribution in [0.1, 0.15) is 32.3 Å². The molecule has 0 spiro atoms. The highest BCUT2D eigenvalue weighted by Gasteiger charge is 2.50. The van der Waals surface area contributed by atoms with E-state index in [0.717, 1.165) is 10.5 Å². The van der Waals surface area contributed by atoms with Crippen LogP contribution in [0.25, 0.3) is 0 Å². The Hall–Kier alpha value is -2.11. The van der Waals surface area contributed by atoms with Crippen LogP contribution in [0.4, 0.5) is 4.79 Å². The molecule has 0 unspecified atom stereocenters. The zero-order valence-electron chi connectivity index (χ0n) is 19.9. The molecule has 0 aromatic heterocycles. The summed E-state index contributed by atoms with van der Waals surface area (Å²) in [6, 6.07) is 8.67. The van der Waals surface area contributed by atoms with Gasteiger partial charge < -0.3 is 24.4 Å². The predicted molar refractivity (Wildman–Crippen MR) is 129 cm³/mol. The first-order valence-corrected chi connectivity index (χ1v) is 12.5. The van der Waals surface area contributed by atoms with Crippen molar-refractivity contribution in [2.24, 2.45) is 11.8 Å². The van der Waals surface area contributed by atoms with Crippen LogP contribution in [0.2, 0.25) is 0 Å². The third-order valence-electron chi connectivity index (χ3n) is 6.18. The van der Waals surface area contributed by atoms with E-state index in [1.807, 2.05) is 44.2 Å². The zero-order valence-corrected chi connectivity index (χ0v) is 21.5. The van der Waals surface area contributed by atoms with Gasteiger partial charge in [-0.25, -0.2) is 9.69 Å². The third-order valence-corrected chi connectivity index (χ3v) is 7.03. The van der Waals surface area contributed by atoms with Gasteiger partial charge >= 0.3 is 6.09 Å². The van der Waals surface area contributed by atoms with E-state index in [9.17, 15) is 19.5 Å². The molecular formula is C25H32BrNO8. The molecular weight excluding hydrogens is 522 g/mol. The zero-order chi connectivity index (χ0) is 25.6. The number of aliphatic hydroxyl groups is 2. The Balaban J connectivity index is 1.89. The summed E-state index contributed by atoms with van der Waals surface area (Å²) in [7, 11) is 0. The summed E-state index contributed by atoms with van der Waals surface area (Å²) < 4.78 is 16.5. The number of ether oxygens (including phenoxy) is 3. The van der Waals surface area contributed by atoms with Gasteiger partial charge in [-0.3, -0.25) is 9.59 Å². The van der Waals surface area contributed by atoms with Crippen molar-refractivity contribution < 1.29 is 38.8 Å². The van der Waals surface area contributed by atoms with Crippen molar-refractivity contribution in [3.8, 4) is 0 Å². The highest BCUT2D eigenvalue weighted by molar-refractivity contribution is 9.11. The van der Waals surface area contributed by atoms with Gasteiger partial charge in [0.15, 0.2) is 11.6 Å². The summed E-state index contributed by atoms with van der Waals surface area (Å²) in [6.45, 7) is 4.20. The first-order chi connectivity index (χ1) is 16.7. The van der Waals surface area contributed by atoms with Crippen molar-refractivity contribution in [1.82, 2.24) is 4.90 Å². The molecule has 1 aromatic carbocycles. The van der Waals surface area contributed by atoms with Crippen LogP contribution in [0, 0.1) is 11.8 Å². The molecule has 0 saturated carbocycles. The van der Waals surface area contributed by atoms with Crippen molar-refractivity contribution in [1.29, 1.82) is 0 Å². The van der Waals surface area contributed by atoms with Crippen LogP contribution in [0.15, 0.2) is 40.9 Å². The highest BCUT2D eigenvalue weighted by atomic mass is 79.9. The van der Waals surface area contributed by atoms with Gasteiger partial charge in [0, 0.05) is 13.0 Å².